The normalized spacial score (nSPS) is 19.2. The molecule has 12 heteroatoms. The highest BCUT2D eigenvalue weighted by Crippen LogP contribution is 2.40. The summed E-state index contributed by atoms with van der Waals surface area (Å²) in [5, 5.41) is 12.2. The van der Waals surface area contributed by atoms with Crippen molar-refractivity contribution in [2.24, 2.45) is 0 Å². The first kappa shape index (κ1) is 23.7. The lowest BCUT2D eigenvalue weighted by molar-refractivity contribution is -0.149. The van der Waals surface area contributed by atoms with Crippen molar-refractivity contribution in [1.82, 2.24) is 10.2 Å². The number of hydrogen-bond acceptors (Lipinski definition) is 8. The summed E-state index contributed by atoms with van der Waals surface area (Å²) >= 11 is 7.11. The Morgan fingerprint density at radius 1 is 1.21 bits per heavy atom. The number of thioether (sulfide) groups is 1. The second kappa shape index (κ2) is 9.82. The van der Waals surface area contributed by atoms with E-state index in [0.29, 0.717) is 22.1 Å². The molecule has 2 atom stereocenters. The smallest absolute Gasteiger partial charge is 0.352 e. The number of halogens is 1. The molecule has 0 spiro atoms. The fraction of sp³-hybridized carbons (Fsp3) is 0.273. The highest BCUT2D eigenvalue weighted by molar-refractivity contribution is 8.00. The molecular weight excluding hydrogens is 488 g/mol. The molecule has 0 radical (unpaired) electrons. The van der Waals surface area contributed by atoms with Gasteiger partial charge in [-0.15, -0.1) is 11.8 Å². The number of aliphatic carboxylic acids is 1. The van der Waals surface area contributed by atoms with Crippen molar-refractivity contribution in [1.29, 1.82) is 0 Å². The van der Waals surface area contributed by atoms with E-state index in [1.54, 1.807) is 30.3 Å². The molecule has 0 aliphatic carbocycles. The van der Waals surface area contributed by atoms with Crippen LogP contribution in [-0.4, -0.2) is 57.5 Å². The number of rotatable bonds is 8. The lowest BCUT2D eigenvalue weighted by atomic mass is 10.0. The van der Waals surface area contributed by atoms with E-state index in [0.717, 1.165) is 4.90 Å². The number of nitrogens with zero attached hydrogens (tertiary/aromatic N) is 1. The van der Waals surface area contributed by atoms with Crippen molar-refractivity contribution in [3.8, 4) is 5.75 Å². The average Bonchev–Trinajstić information content (AvgIpc) is 3.29. The molecule has 0 bridgehead atoms. The van der Waals surface area contributed by atoms with Crippen molar-refractivity contribution >= 4 is 47.1 Å². The van der Waals surface area contributed by atoms with E-state index in [2.05, 4.69) is 5.32 Å². The number of furan rings is 1. The fourth-order valence-corrected chi connectivity index (χ4v) is 4.91. The zero-order valence-electron chi connectivity index (χ0n) is 17.8. The number of ether oxygens (including phenoxy) is 2. The maximum atomic E-state index is 12.7. The van der Waals surface area contributed by atoms with Crippen LogP contribution in [0.3, 0.4) is 0 Å². The largest absolute Gasteiger partial charge is 0.486 e. The van der Waals surface area contributed by atoms with Crippen LogP contribution in [0.1, 0.15) is 23.2 Å². The minimum atomic E-state index is -1.30. The van der Waals surface area contributed by atoms with E-state index in [-0.39, 0.29) is 30.4 Å². The first-order valence-corrected chi connectivity index (χ1v) is 11.5. The Hall–Kier alpha value is -3.44. The average molecular weight is 507 g/mol. The van der Waals surface area contributed by atoms with E-state index < -0.39 is 35.2 Å². The molecule has 0 unspecified atom stereocenters. The van der Waals surface area contributed by atoms with Gasteiger partial charge in [0.25, 0.3) is 11.8 Å². The minimum Gasteiger partial charge on any atom is -0.486 e. The summed E-state index contributed by atoms with van der Waals surface area (Å²) in [6, 6.07) is 8.90. The van der Waals surface area contributed by atoms with Crippen molar-refractivity contribution < 1.29 is 38.2 Å². The quantitative estimate of drug-likeness (QED) is 0.408. The number of carbonyl (C=O) groups excluding carboxylic acids is 3. The number of benzene rings is 1. The van der Waals surface area contributed by atoms with Gasteiger partial charge in [-0.3, -0.25) is 19.3 Å². The number of carboxylic acids is 1. The monoisotopic (exact) mass is 506 g/mol. The van der Waals surface area contributed by atoms with Crippen molar-refractivity contribution in [2.75, 3.05) is 12.4 Å². The van der Waals surface area contributed by atoms with Gasteiger partial charge in [0.2, 0.25) is 0 Å². The lowest BCUT2D eigenvalue weighted by Gasteiger charge is -2.49. The van der Waals surface area contributed by atoms with Crippen LogP contribution in [0.15, 0.2) is 52.1 Å². The number of carbonyl (C=O) groups is 4. The third kappa shape index (κ3) is 4.90. The molecule has 10 nitrogen and oxygen atoms in total. The Labute approximate surface area is 202 Å². The molecule has 2 aliphatic rings. The van der Waals surface area contributed by atoms with Gasteiger partial charge >= 0.3 is 11.9 Å². The van der Waals surface area contributed by atoms with Crippen molar-refractivity contribution in [2.45, 2.75) is 24.9 Å². The summed E-state index contributed by atoms with van der Waals surface area (Å²) in [6.07, 6.45) is 0. The van der Waals surface area contributed by atoms with Crippen LogP contribution in [0, 0.1) is 0 Å². The zero-order valence-corrected chi connectivity index (χ0v) is 19.4. The van der Waals surface area contributed by atoms with Crippen molar-refractivity contribution in [3.63, 3.8) is 0 Å². The van der Waals surface area contributed by atoms with Crippen molar-refractivity contribution in [3.05, 3.63) is 64.2 Å². The second-order valence-corrected chi connectivity index (χ2v) is 8.95. The number of fused-ring (bicyclic) bond motifs is 1. The predicted octanol–water partition coefficient (Wildman–Crippen LogP) is 2.43. The number of esters is 1. The number of carboxylic acid groups (broad SMARTS) is 1. The molecule has 4 rings (SSSR count). The maximum Gasteiger partial charge on any atom is 0.352 e. The summed E-state index contributed by atoms with van der Waals surface area (Å²) in [7, 11) is 0. The van der Waals surface area contributed by atoms with Crippen LogP contribution in [0.25, 0.3) is 0 Å². The summed E-state index contributed by atoms with van der Waals surface area (Å²) < 4.78 is 16.0. The summed E-state index contributed by atoms with van der Waals surface area (Å²) in [5.41, 5.74) is 0.0959. The summed E-state index contributed by atoms with van der Waals surface area (Å²) in [4.78, 5) is 49.2. The molecule has 2 N–H and O–H groups in total. The van der Waals surface area contributed by atoms with E-state index in [1.165, 1.54) is 24.8 Å². The molecule has 1 saturated heterocycles. The van der Waals surface area contributed by atoms with Crippen LogP contribution in [-0.2, 0) is 25.7 Å². The van der Waals surface area contributed by atoms with E-state index in [4.69, 9.17) is 25.5 Å². The van der Waals surface area contributed by atoms with Gasteiger partial charge < -0.3 is 24.3 Å². The van der Waals surface area contributed by atoms with Gasteiger partial charge in [0.1, 0.15) is 41.8 Å². The van der Waals surface area contributed by atoms with Gasteiger partial charge in [-0.1, -0.05) is 11.6 Å². The molecule has 1 aromatic heterocycles. The van der Waals surface area contributed by atoms with Crippen LogP contribution >= 0.6 is 23.4 Å². The number of amides is 2. The van der Waals surface area contributed by atoms with E-state index >= 15 is 0 Å². The van der Waals surface area contributed by atoms with E-state index in [1.807, 2.05) is 0 Å². The standard InChI is InChI=1S/C22H19ClN2O8S/c1-11(26)31-8-12-10-34-21-17(20(28)25(21)18(12)22(29)30)24-19(27)16-7-6-15(33-16)9-32-14-4-2-13(23)3-5-14/h2-7,17,21H,8-10H2,1H3,(H,24,27)(H,29,30)/t17-,21+/m1/s1. The maximum absolute atomic E-state index is 12.7. The second-order valence-electron chi connectivity index (χ2n) is 7.41. The third-order valence-corrected chi connectivity index (χ3v) is 6.66. The molecule has 34 heavy (non-hydrogen) atoms. The SMILES string of the molecule is CC(=O)OCC1=C(C(=O)O)N2C(=O)[C@@H](NC(=O)c3ccc(COc4ccc(Cl)cc4)o3)[C@@H]2SC1. The molecule has 2 aliphatic heterocycles. The lowest BCUT2D eigenvalue weighted by Crippen LogP contribution is -2.70. The van der Waals surface area contributed by atoms with Gasteiger partial charge in [-0.25, -0.2) is 4.79 Å². The Kier molecular flexibility index (Phi) is 6.85. The Morgan fingerprint density at radius 3 is 2.62 bits per heavy atom. The highest BCUT2D eigenvalue weighted by atomic mass is 35.5. The van der Waals surface area contributed by atoms with E-state index in [9.17, 15) is 24.3 Å². The van der Waals surface area contributed by atoms with Crippen LogP contribution in [0.4, 0.5) is 0 Å². The molecule has 2 aromatic rings. The first-order chi connectivity index (χ1) is 16.2. The number of nitrogens with one attached hydrogen (secondary N) is 1. The molecule has 1 aromatic carbocycles. The van der Waals surface area contributed by atoms with Gasteiger partial charge in [-0.05, 0) is 36.4 Å². The number of β-lactam (4-membered cyclic amide) rings is 1. The van der Waals surface area contributed by atoms with Crippen LogP contribution < -0.4 is 10.1 Å². The highest BCUT2D eigenvalue weighted by Gasteiger charge is 2.54. The predicted molar refractivity (Wildman–Crippen MR) is 120 cm³/mol. The van der Waals surface area contributed by atoms with Gasteiger partial charge in [0, 0.05) is 23.3 Å². The minimum absolute atomic E-state index is 0.00804. The molecular formula is C22H19ClN2O8S. The van der Waals surface area contributed by atoms with Gasteiger partial charge in [-0.2, -0.15) is 0 Å². The number of hydrogen-bond donors (Lipinski definition) is 2. The Bertz CT molecular complexity index is 1180. The van der Waals surface area contributed by atoms with Gasteiger partial charge in [0.15, 0.2) is 5.76 Å². The third-order valence-electron chi connectivity index (χ3n) is 5.07. The summed E-state index contributed by atoms with van der Waals surface area (Å²) in [6.45, 7) is 1.08. The molecule has 0 saturated carbocycles. The van der Waals surface area contributed by atoms with Crippen LogP contribution in [0.5, 0.6) is 5.75 Å². The van der Waals surface area contributed by atoms with Crippen LogP contribution in [0.2, 0.25) is 5.02 Å². The zero-order chi connectivity index (χ0) is 24.4. The fourth-order valence-electron chi connectivity index (χ4n) is 3.46. The Morgan fingerprint density at radius 2 is 1.94 bits per heavy atom. The first-order valence-electron chi connectivity index (χ1n) is 10.1. The molecule has 1 fully saturated rings. The van der Waals surface area contributed by atoms with Gasteiger partial charge in [0.05, 0.1) is 0 Å². The topological polar surface area (TPSA) is 135 Å². The molecule has 2 amide bonds. The molecule has 178 valence electrons. The summed E-state index contributed by atoms with van der Waals surface area (Å²) in [5.74, 6) is -1.82. The molecule has 3 heterocycles. The Balaban J connectivity index is 1.37.